The zero-order chi connectivity index (χ0) is 30.2. The van der Waals surface area contributed by atoms with Crippen LogP contribution in [0.15, 0.2) is 72.0 Å². The third kappa shape index (κ3) is 9.97. The molecule has 7 heteroatoms. The monoisotopic (exact) mass is 574 g/mol. The number of rotatable bonds is 20. The highest BCUT2D eigenvalue weighted by Crippen LogP contribution is 2.39. The van der Waals surface area contributed by atoms with Gasteiger partial charge in [-0.2, -0.15) is 0 Å². The Bertz CT molecular complexity index is 1220. The minimum Gasteiger partial charge on any atom is -0.503 e. The summed E-state index contributed by atoms with van der Waals surface area (Å²) >= 11 is 0. The lowest BCUT2D eigenvalue weighted by atomic mass is 9.95. The van der Waals surface area contributed by atoms with Crippen LogP contribution in [0.4, 0.5) is 5.69 Å². The maximum atomic E-state index is 13.3. The van der Waals surface area contributed by atoms with Crippen LogP contribution in [-0.4, -0.2) is 33.2 Å². The third-order valence-electron chi connectivity index (χ3n) is 7.95. The van der Waals surface area contributed by atoms with E-state index in [2.05, 4.69) is 6.92 Å². The Morgan fingerprint density at radius 3 is 2.00 bits per heavy atom. The van der Waals surface area contributed by atoms with Crippen LogP contribution in [0.25, 0.3) is 6.08 Å². The molecule has 1 heterocycles. The van der Waals surface area contributed by atoms with Crippen LogP contribution in [0.5, 0.6) is 0 Å². The molecule has 1 amide bonds. The van der Waals surface area contributed by atoms with Crippen LogP contribution in [0.1, 0.15) is 114 Å². The SMILES string of the molecule is CCCCCCCCCCCCCCCCN1C(=O)C(O)=C(C(=O)C=Cc2ccccc2)C1c1cccc([N+](=O)[O-])c1. The number of allylic oxidation sites excluding steroid dienone is 1. The summed E-state index contributed by atoms with van der Waals surface area (Å²) in [6, 6.07) is 14.3. The molecular formula is C35H46N2O5. The van der Waals surface area contributed by atoms with Gasteiger partial charge in [0.25, 0.3) is 11.6 Å². The number of nitrogens with zero attached hydrogens (tertiary/aromatic N) is 2. The smallest absolute Gasteiger partial charge is 0.290 e. The van der Waals surface area contributed by atoms with Crippen molar-refractivity contribution >= 4 is 23.5 Å². The number of amides is 1. The summed E-state index contributed by atoms with van der Waals surface area (Å²) < 4.78 is 0. The quantitative estimate of drug-likeness (QED) is 0.0736. The molecule has 2 aromatic rings. The molecule has 0 radical (unpaired) electrons. The first-order chi connectivity index (χ1) is 20.4. The summed E-state index contributed by atoms with van der Waals surface area (Å²) in [5.74, 6) is -1.69. The molecule has 1 aliphatic rings. The zero-order valence-electron chi connectivity index (χ0n) is 25.0. The summed E-state index contributed by atoms with van der Waals surface area (Å²) in [4.78, 5) is 38.9. The summed E-state index contributed by atoms with van der Waals surface area (Å²) in [5, 5.41) is 22.3. The van der Waals surface area contributed by atoms with Crippen LogP contribution in [-0.2, 0) is 9.59 Å². The van der Waals surface area contributed by atoms with Crippen LogP contribution in [0.3, 0.4) is 0 Å². The van der Waals surface area contributed by atoms with Gasteiger partial charge in [0.1, 0.15) is 0 Å². The number of aliphatic hydroxyl groups is 1. The Labute approximate surface area is 250 Å². The van der Waals surface area contributed by atoms with Crippen LogP contribution >= 0.6 is 0 Å². The molecule has 0 bridgehead atoms. The van der Waals surface area contributed by atoms with Crippen molar-refractivity contribution in [2.75, 3.05) is 6.54 Å². The number of unbranched alkanes of at least 4 members (excludes halogenated alkanes) is 13. The fourth-order valence-electron chi connectivity index (χ4n) is 5.59. The van der Waals surface area contributed by atoms with Crippen molar-refractivity contribution in [3.05, 3.63) is 93.2 Å². The highest BCUT2D eigenvalue weighted by molar-refractivity contribution is 6.14. The first-order valence-corrected chi connectivity index (χ1v) is 15.7. The summed E-state index contributed by atoms with van der Waals surface area (Å²) in [6.07, 6.45) is 20.0. The van der Waals surface area contributed by atoms with E-state index in [1.54, 1.807) is 18.2 Å². The molecule has 3 rings (SSSR count). The number of carbonyl (C=O) groups excluding carboxylic acids is 2. The molecule has 0 aliphatic carbocycles. The predicted octanol–water partition coefficient (Wildman–Crippen LogP) is 9.05. The van der Waals surface area contributed by atoms with E-state index < -0.39 is 28.4 Å². The van der Waals surface area contributed by atoms with Crippen molar-refractivity contribution < 1.29 is 19.6 Å². The Balaban J connectivity index is 1.55. The molecule has 42 heavy (non-hydrogen) atoms. The van der Waals surface area contributed by atoms with E-state index in [0.717, 1.165) is 31.2 Å². The van der Waals surface area contributed by atoms with Gasteiger partial charge in [0, 0.05) is 18.7 Å². The summed E-state index contributed by atoms with van der Waals surface area (Å²) in [6.45, 7) is 2.60. The topological polar surface area (TPSA) is 101 Å². The van der Waals surface area contributed by atoms with Gasteiger partial charge in [-0.3, -0.25) is 19.7 Å². The summed E-state index contributed by atoms with van der Waals surface area (Å²) in [7, 11) is 0. The van der Waals surface area contributed by atoms with Crippen LogP contribution < -0.4 is 0 Å². The molecule has 7 nitrogen and oxygen atoms in total. The Morgan fingerprint density at radius 1 is 0.857 bits per heavy atom. The molecule has 0 spiro atoms. The second-order valence-electron chi connectivity index (χ2n) is 11.2. The number of benzene rings is 2. The van der Waals surface area contributed by atoms with Crippen molar-refractivity contribution in [1.29, 1.82) is 0 Å². The molecular weight excluding hydrogens is 528 g/mol. The van der Waals surface area contributed by atoms with Crippen LogP contribution in [0.2, 0.25) is 0 Å². The van der Waals surface area contributed by atoms with Gasteiger partial charge in [0.15, 0.2) is 11.5 Å². The van der Waals surface area contributed by atoms with E-state index in [1.165, 1.54) is 87.3 Å². The first-order valence-electron chi connectivity index (χ1n) is 15.7. The third-order valence-corrected chi connectivity index (χ3v) is 7.95. The van der Waals surface area contributed by atoms with E-state index in [9.17, 15) is 24.8 Å². The van der Waals surface area contributed by atoms with Crippen molar-refractivity contribution in [3.63, 3.8) is 0 Å². The Hall–Kier alpha value is -3.74. The number of hydrogen-bond donors (Lipinski definition) is 1. The molecule has 1 unspecified atom stereocenters. The maximum Gasteiger partial charge on any atom is 0.290 e. The summed E-state index contributed by atoms with van der Waals surface area (Å²) in [5.41, 5.74) is 1.07. The van der Waals surface area contributed by atoms with Crippen molar-refractivity contribution in [2.45, 2.75) is 103 Å². The number of nitro benzene ring substituents is 1. The first kappa shape index (κ1) is 32.8. The lowest BCUT2D eigenvalue weighted by Gasteiger charge is -2.26. The van der Waals surface area contributed by atoms with Crippen molar-refractivity contribution in [3.8, 4) is 0 Å². The molecule has 226 valence electrons. The molecule has 0 fully saturated rings. The Kier molecular flexibility index (Phi) is 14.0. The van der Waals surface area contributed by atoms with Gasteiger partial charge < -0.3 is 10.0 Å². The van der Waals surface area contributed by atoms with E-state index in [4.69, 9.17) is 0 Å². The lowest BCUT2D eigenvalue weighted by Crippen LogP contribution is -2.32. The highest BCUT2D eigenvalue weighted by atomic mass is 16.6. The molecule has 0 saturated carbocycles. The number of non-ortho nitro benzene ring substituents is 1. The number of aliphatic hydroxyl groups excluding tert-OH is 1. The maximum absolute atomic E-state index is 13.3. The zero-order valence-corrected chi connectivity index (χ0v) is 25.0. The largest absolute Gasteiger partial charge is 0.503 e. The molecule has 1 N–H and O–H groups in total. The van der Waals surface area contributed by atoms with Gasteiger partial charge in [-0.05, 0) is 23.6 Å². The second-order valence-corrected chi connectivity index (χ2v) is 11.2. The average Bonchev–Trinajstić information content (AvgIpc) is 3.25. The van der Waals surface area contributed by atoms with E-state index in [1.807, 2.05) is 30.3 Å². The normalized spacial score (nSPS) is 15.2. The fraction of sp³-hybridized carbons (Fsp3) is 0.486. The molecule has 1 atom stereocenters. The number of hydrogen-bond acceptors (Lipinski definition) is 5. The predicted molar refractivity (Wildman–Crippen MR) is 168 cm³/mol. The van der Waals surface area contributed by atoms with Crippen molar-refractivity contribution in [2.24, 2.45) is 0 Å². The van der Waals surface area contributed by atoms with Gasteiger partial charge in [-0.1, -0.05) is 139 Å². The lowest BCUT2D eigenvalue weighted by molar-refractivity contribution is -0.384. The molecule has 0 saturated heterocycles. The van der Waals surface area contributed by atoms with Gasteiger partial charge in [-0.15, -0.1) is 0 Å². The average molecular weight is 575 g/mol. The van der Waals surface area contributed by atoms with Crippen LogP contribution in [0, 0.1) is 10.1 Å². The van der Waals surface area contributed by atoms with Gasteiger partial charge in [-0.25, -0.2) is 0 Å². The van der Waals surface area contributed by atoms with Gasteiger partial charge in [0.05, 0.1) is 16.5 Å². The van der Waals surface area contributed by atoms with Crippen molar-refractivity contribution in [1.82, 2.24) is 4.90 Å². The van der Waals surface area contributed by atoms with Gasteiger partial charge >= 0.3 is 0 Å². The Morgan fingerprint density at radius 2 is 1.43 bits per heavy atom. The minimum absolute atomic E-state index is 0.0435. The number of nitro groups is 1. The second kappa shape index (κ2) is 17.9. The van der Waals surface area contributed by atoms with E-state index >= 15 is 0 Å². The van der Waals surface area contributed by atoms with E-state index in [-0.39, 0.29) is 11.3 Å². The fourth-order valence-corrected chi connectivity index (χ4v) is 5.59. The molecule has 1 aliphatic heterocycles. The number of ketones is 1. The number of carbonyl (C=O) groups is 2. The standard InChI is InChI=1S/C35H46N2O5/c1-2-3-4-5-6-7-8-9-10-11-12-13-14-18-26-36-33(29-22-19-23-30(27-29)37(41)42)32(34(39)35(36)40)31(38)25-24-28-20-16-15-17-21-28/h15-17,19-25,27,33,39H,2-14,18,26H2,1H3. The van der Waals surface area contributed by atoms with Gasteiger partial charge in [0.2, 0.25) is 0 Å². The molecule has 0 aromatic heterocycles. The highest BCUT2D eigenvalue weighted by Gasteiger charge is 2.42. The van der Waals surface area contributed by atoms with E-state index in [0.29, 0.717) is 12.1 Å². The minimum atomic E-state index is -0.882. The molecule has 2 aromatic carbocycles.